The molecule has 0 aliphatic rings. The fraction of sp³-hybridized carbons (Fsp3) is 0.500. The van der Waals surface area contributed by atoms with Crippen LogP contribution in [0.1, 0.15) is 26.3 Å². The Hall–Kier alpha value is -1.93. The molecule has 0 saturated carbocycles. The third-order valence-electron chi connectivity index (χ3n) is 2.49. The zero-order valence-electron chi connectivity index (χ0n) is 13.0. The van der Waals surface area contributed by atoms with Crippen LogP contribution in [0.2, 0.25) is 5.02 Å². The first kappa shape index (κ1) is 19.1. The molecule has 0 aliphatic heterocycles. The Morgan fingerprint density at radius 3 is 2.65 bits per heavy atom. The first-order valence-corrected chi connectivity index (χ1v) is 7.15. The maximum absolute atomic E-state index is 13.4. The van der Waals surface area contributed by atoms with Gasteiger partial charge in [0, 0.05) is 12.6 Å². The van der Waals surface area contributed by atoms with Gasteiger partial charge in [0.15, 0.2) is 0 Å². The van der Waals surface area contributed by atoms with Crippen LogP contribution >= 0.6 is 11.6 Å². The van der Waals surface area contributed by atoms with Crippen molar-refractivity contribution in [2.75, 3.05) is 13.2 Å². The maximum atomic E-state index is 13.4. The monoisotopic (exact) mass is 348 g/mol. The molecule has 0 fully saturated rings. The zero-order chi connectivity index (χ0) is 17.6. The average molecular weight is 349 g/mol. The minimum absolute atomic E-state index is 0.0640. The second-order valence-corrected chi connectivity index (χ2v) is 6.04. The molecule has 0 aromatic heterocycles. The molecule has 0 unspecified atom stereocenters. The van der Waals surface area contributed by atoms with Crippen LogP contribution in [0.4, 0.5) is 14.9 Å². The van der Waals surface area contributed by atoms with Gasteiger partial charge in [0.25, 0.3) is 5.69 Å². The number of hydrogen-bond donors (Lipinski definition) is 1. The number of halogens is 2. The number of nitro benzene ring substituents is 1. The molecule has 0 heterocycles. The summed E-state index contributed by atoms with van der Waals surface area (Å²) in [6, 6.07) is 1.90. The third kappa shape index (κ3) is 6.79. The molecule has 128 valence electrons. The molecular formula is C14H18ClFN2O5. The molecule has 9 heteroatoms. The summed E-state index contributed by atoms with van der Waals surface area (Å²) in [5, 5.41) is 13.0. The normalized spacial score (nSPS) is 11.2. The highest BCUT2D eigenvalue weighted by Gasteiger charge is 2.18. The predicted octanol–water partition coefficient (Wildman–Crippen LogP) is 3.43. The van der Waals surface area contributed by atoms with Crippen LogP contribution in [-0.2, 0) is 16.1 Å². The summed E-state index contributed by atoms with van der Waals surface area (Å²) in [6.07, 6.45) is -0.593. The largest absolute Gasteiger partial charge is 0.444 e. The van der Waals surface area contributed by atoms with Gasteiger partial charge < -0.3 is 14.8 Å². The molecule has 1 aromatic rings. The molecule has 0 radical (unpaired) electrons. The Balaban J connectivity index is 2.46. The van der Waals surface area contributed by atoms with Gasteiger partial charge in [-0.05, 0) is 26.8 Å². The van der Waals surface area contributed by atoms with E-state index >= 15 is 0 Å². The molecule has 0 atom stereocenters. The van der Waals surface area contributed by atoms with Crippen molar-refractivity contribution < 1.29 is 23.6 Å². The van der Waals surface area contributed by atoms with Gasteiger partial charge in [-0.2, -0.15) is 0 Å². The Labute approximate surface area is 137 Å². The molecular weight excluding hydrogens is 331 g/mol. The predicted molar refractivity (Wildman–Crippen MR) is 82.0 cm³/mol. The van der Waals surface area contributed by atoms with Gasteiger partial charge in [-0.25, -0.2) is 9.18 Å². The summed E-state index contributed by atoms with van der Waals surface area (Å²) in [5.74, 6) is -0.761. The van der Waals surface area contributed by atoms with E-state index in [9.17, 15) is 19.3 Å². The van der Waals surface area contributed by atoms with Gasteiger partial charge in [0.05, 0.1) is 28.7 Å². The molecule has 1 amide bonds. The Bertz CT molecular complexity index is 589. The number of benzene rings is 1. The van der Waals surface area contributed by atoms with Crippen LogP contribution in [0.5, 0.6) is 0 Å². The van der Waals surface area contributed by atoms with Crippen LogP contribution in [0, 0.1) is 15.9 Å². The molecule has 1 N–H and O–H groups in total. The van der Waals surface area contributed by atoms with Crippen molar-refractivity contribution in [2.45, 2.75) is 33.0 Å². The van der Waals surface area contributed by atoms with E-state index < -0.39 is 22.4 Å². The van der Waals surface area contributed by atoms with Gasteiger partial charge in [-0.3, -0.25) is 10.1 Å². The molecule has 1 rings (SSSR count). The lowest BCUT2D eigenvalue weighted by molar-refractivity contribution is -0.386. The molecule has 7 nitrogen and oxygen atoms in total. The highest BCUT2D eigenvalue weighted by atomic mass is 35.5. The van der Waals surface area contributed by atoms with E-state index in [0.717, 1.165) is 12.1 Å². The number of carbonyl (C=O) groups is 1. The molecule has 1 aromatic carbocycles. The van der Waals surface area contributed by atoms with E-state index in [2.05, 4.69) is 5.32 Å². The number of hydrogen-bond acceptors (Lipinski definition) is 5. The highest BCUT2D eigenvalue weighted by Crippen LogP contribution is 2.26. The maximum Gasteiger partial charge on any atom is 0.407 e. The van der Waals surface area contributed by atoms with E-state index in [1.807, 2.05) is 0 Å². The van der Waals surface area contributed by atoms with Crippen molar-refractivity contribution in [3.63, 3.8) is 0 Å². The lowest BCUT2D eigenvalue weighted by atomic mass is 10.2. The van der Waals surface area contributed by atoms with E-state index in [1.165, 1.54) is 0 Å². The molecule has 0 bridgehead atoms. The van der Waals surface area contributed by atoms with Gasteiger partial charge in [0.1, 0.15) is 11.4 Å². The van der Waals surface area contributed by atoms with Crippen LogP contribution in [0.25, 0.3) is 0 Å². The van der Waals surface area contributed by atoms with Crippen molar-refractivity contribution in [3.8, 4) is 0 Å². The average Bonchev–Trinajstić information content (AvgIpc) is 2.39. The van der Waals surface area contributed by atoms with E-state index in [0.29, 0.717) is 0 Å². The van der Waals surface area contributed by atoms with Crippen LogP contribution in [-0.4, -0.2) is 29.8 Å². The molecule has 23 heavy (non-hydrogen) atoms. The standard InChI is InChI=1S/C14H18ClFN2O5/c1-14(2,3)23-13(19)17-4-5-22-8-9-6-11(16)10(15)7-12(9)18(20)21/h6-7H,4-5,8H2,1-3H3,(H,17,19). The van der Waals surface area contributed by atoms with Crippen molar-refractivity contribution in [2.24, 2.45) is 0 Å². The Kier molecular flexibility index (Phi) is 6.71. The SMILES string of the molecule is CC(C)(C)OC(=O)NCCOCc1cc(F)c(Cl)cc1[N+](=O)[O-]. The lowest BCUT2D eigenvalue weighted by Gasteiger charge is -2.19. The number of rotatable bonds is 6. The Morgan fingerprint density at radius 2 is 2.09 bits per heavy atom. The Morgan fingerprint density at radius 1 is 1.43 bits per heavy atom. The summed E-state index contributed by atoms with van der Waals surface area (Å²) in [5.41, 5.74) is -0.863. The summed E-state index contributed by atoms with van der Waals surface area (Å²) < 4.78 is 23.6. The molecule has 0 saturated heterocycles. The number of carbonyl (C=O) groups excluding carboxylic acids is 1. The summed E-state index contributed by atoms with van der Waals surface area (Å²) in [4.78, 5) is 21.6. The smallest absolute Gasteiger partial charge is 0.407 e. The summed E-state index contributed by atoms with van der Waals surface area (Å²) in [7, 11) is 0. The number of nitro groups is 1. The zero-order valence-corrected chi connectivity index (χ0v) is 13.8. The number of ether oxygens (including phenoxy) is 2. The lowest BCUT2D eigenvalue weighted by Crippen LogP contribution is -2.34. The quantitative estimate of drug-likeness (QED) is 0.483. The fourth-order valence-electron chi connectivity index (χ4n) is 1.58. The second kappa shape index (κ2) is 8.07. The number of nitrogens with zero attached hydrogens (tertiary/aromatic N) is 1. The summed E-state index contributed by atoms with van der Waals surface area (Å²) >= 11 is 5.52. The second-order valence-electron chi connectivity index (χ2n) is 5.63. The van der Waals surface area contributed by atoms with E-state index in [-0.39, 0.29) is 36.0 Å². The minimum Gasteiger partial charge on any atom is -0.444 e. The fourth-order valence-corrected chi connectivity index (χ4v) is 1.74. The van der Waals surface area contributed by atoms with Crippen molar-refractivity contribution in [1.29, 1.82) is 0 Å². The number of nitrogens with one attached hydrogen (secondary N) is 1. The van der Waals surface area contributed by atoms with Gasteiger partial charge >= 0.3 is 6.09 Å². The topological polar surface area (TPSA) is 90.7 Å². The first-order valence-electron chi connectivity index (χ1n) is 6.77. The van der Waals surface area contributed by atoms with Crippen molar-refractivity contribution >= 4 is 23.4 Å². The highest BCUT2D eigenvalue weighted by molar-refractivity contribution is 6.31. The van der Waals surface area contributed by atoms with Gasteiger partial charge in [-0.15, -0.1) is 0 Å². The van der Waals surface area contributed by atoms with Crippen molar-refractivity contribution in [3.05, 3.63) is 38.7 Å². The molecule has 0 aliphatic carbocycles. The minimum atomic E-state index is -0.761. The van der Waals surface area contributed by atoms with Gasteiger partial charge in [0.2, 0.25) is 0 Å². The number of alkyl carbamates (subject to hydrolysis) is 1. The van der Waals surface area contributed by atoms with Crippen LogP contribution in [0.15, 0.2) is 12.1 Å². The molecule has 0 spiro atoms. The van der Waals surface area contributed by atoms with Crippen LogP contribution < -0.4 is 5.32 Å². The van der Waals surface area contributed by atoms with Gasteiger partial charge in [-0.1, -0.05) is 11.6 Å². The number of amides is 1. The summed E-state index contributed by atoms with van der Waals surface area (Å²) in [6.45, 7) is 5.26. The van der Waals surface area contributed by atoms with E-state index in [4.69, 9.17) is 21.1 Å². The van der Waals surface area contributed by atoms with Crippen LogP contribution in [0.3, 0.4) is 0 Å². The third-order valence-corrected chi connectivity index (χ3v) is 2.78. The van der Waals surface area contributed by atoms with Crippen molar-refractivity contribution in [1.82, 2.24) is 5.32 Å². The van der Waals surface area contributed by atoms with E-state index in [1.54, 1.807) is 20.8 Å². The first-order chi connectivity index (χ1) is 10.6.